The fourth-order valence-corrected chi connectivity index (χ4v) is 10.1. The minimum atomic E-state index is -0.858. The zero-order chi connectivity index (χ0) is 78.0. The Balaban J connectivity index is 0.000000173. The van der Waals surface area contributed by atoms with E-state index >= 15 is 0 Å². The van der Waals surface area contributed by atoms with Gasteiger partial charge in [-0.1, -0.05) is 236 Å². The first-order valence-electron chi connectivity index (χ1n) is 39.4. The molecule has 16 rings (SSSR count). The van der Waals surface area contributed by atoms with E-state index in [2.05, 4.69) is 0 Å². The van der Waals surface area contributed by atoms with Crippen LogP contribution in [0.3, 0.4) is 0 Å². The quantitative estimate of drug-likeness (QED) is 0.161. The third-order valence-electron chi connectivity index (χ3n) is 13.3. The maximum atomic E-state index is 9.33. The van der Waals surface area contributed by atoms with Gasteiger partial charge in [0, 0.05) is 21.5 Å². The summed E-state index contributed by atoms with van der Waals surface area (Å²) in [6, 6.07) is 1.15. The van der Waals surface area contributed by atoms with E-state index in [0.29, 0.717) is 44.1 Å². The average molecular weight is 999 g/mol. The van der Waals surface area contributed by atoms with Crippen molar-refractivity contribution in [1.82, 2.24) is 0 Å². The van der Waals surface area contributed by atoms with Crippen LogP contribution in [-0.4, -0.2) is 0 Å². The van der Waals surface area contributed by atoms with Crippen LogP contribution in [-0.2, 0) is 0 Å². The molecule has 14 aromatic carbocycles. The Morgan fingerprint density at radius 2 is 0.618 bits per heavy atom. The van der Waals surface area contributed by atoms with Crippen molar-refractivity contribution >= 4 is 97.7 Å². The molecule has 0 atom stereocenters. The van der Waals surface area contributed by atoms with Crippen molar-refractivity contribution in [2.45, 2.75) is 0 Å². The Hall–Kier alpha value is -10.0. The third-order valence-corrected chi connectivity index (χ3v) is 13.3. The fraction of sp³-hybridized carbons (Fsp3) is 0. The third kappa shape index (κ3) is 7.11. The molecule has 0 saturated heterocycles. The van der Waals surface area contributed by atoms with Crippen LogP contribution >= 0.6 is 0 Å². The molecule has 2 heterocycles. The van der Waals surface area contributed by atoms with Gasteiger partial charge in [0.15, 0.2) is 0 Å². The van der Waals surface area contributed by atoms with Crippen molar-refractivity contribution in [3.05, 3.63) is 278 Å². The lowest BCUT2D eigenvalue weighted by Crippen LogP contribution is -1.92. The molecular formula is C74H46O2. The van der Waals surface area contributed by atoms with E-state index in [-0.39, 0.29) is 65.3 Å². The average Bonchev–Trinajstić information content (AvgIpc) is 0.738. The molecule has 0 N–H and O–H groups in total. The molecule has 2 nitrogen and oxygen atoms in total. The van der Waals surface area contributed by atoms with Crippen molar-refractivity contribution in [3.63, 3.8) is 0 Å². The van der Waals surface area contributed by atoms with Crippen LogP contribution in [0.5, 0.6) is 0 Å². The van der Waals surface area contributed by atoms with E-state index in [1.165, 1.54) is 0 Å². The minimum Gasteiger partial charge on any atom is -0.456 e. The second kappa shape index (κ2) is 17.9. The van der Waals surface area contributed by atoms with Gasteiger partial charge in [-0.2, -0.15) is 0 Å². The smallest absolute Gasteiger partial charge is 0.135 e. The minimum absolute atomic E-state index is 0.0323. The topological polar surface area (TPSA) is 26.3 Å². The number of hydrogen-bond donors (Lipinski definition) is 0. The molecule has 0 aliphatic heterocycles. The standard InChI is InChI=1S/C38H24O.C36H22O/c1-2-12-25(13-3-1)27-14-4-5-16-29(27)38-32-19-8-6-17-30(32)37(31-18-7-9-20-33(31)38)26-22-23-36-34(24-26)28-15-10-11-21-35(28)39-36;1-2-10-24-21-25(18-17-23(24)9-1)35-28-12-3-5-14-30(28)36(31-15-6-4-13-29(31)35)26-19-20-34-32(22-26)27-11-7-8-16-33(27)37-34/h1-24H;1-22H/i1D,2D,3D,4D,5D,6D,7D,8D,9D,12D,13D,14D,16D,17D,18D,19D,20D;1D,2D,3D,4D,5D,6D,9D,10D,12D,13D,14D,15D,17D,18D,21D. The Morgan fingerprint density at radius 1 is 0.237 bits per heavy atom. The second-order valence-corrected chi connectivity index (χ2v) is 17.4. The summed E-state index contributed by atoms with van der Waals surface area (Å²) in [4.78, 5) is 0. The molecular weight excluding hydrogens is 921 g/mol. The van der Waals surface area contributed by atoms with Gasteiger partial charge >= 0.3 is 0 Å². The summed E-state index contributed by atoms with van der Waals surface area (Å²) in [6.07, 6.45) is 0. The monoisotopic (exact) mass is 999 g/mol. The SMILES string of the molecule is [2H]c1c([2H])c([2H])c(-c2c([2H])c([2H])c([2H])c([2H])c2-c2c3c([2H])c([2H])c([2H])c([2H])c3c(-c3ccc4oc5ccccc5c4c3)c3c([2H])c([2H])c([2H])c([2H])c23)c([2H])c1[2H].[2H]c1c([2H])c([2H])c2c([2H])c(-c3c4c([2H])c([2H])c([2H])c([2H])c4c(-c4ccc5oc6ccccc6c5c4)c4c([2H])c([2H])c([2H])c([2H])c34)c([2H])c([2H])c2c1[2H]. The summed E-state index contributed by atoms with van der Waals surface area (Å²) in [5.74, 6) is 0. The predicted octanol–water partition coefficient (Wildman–Crippen LogP) is 21.3. The predicted molar refractivity (Wildman–Crippen MR) is 322 cm³/mol. The van der Waals surface area contributed by atoms with Crippen LogP contribution in [0.4, 0.5) is 0 Å². The number of para-hydroxylation sites is 2. The van der Waals surface area contributed by atoms with Gasteiger partial charge in [-0.3, -0.25) is 0 Å². The second-order valence-electron chi connectivity index (χ2n) is 17.4. The van der Waals surface area contributed by atoms with Gasteiger partial charge in [-0.15, -0.1) is 0 Å². The fourth-order valence-electron chi connectivity index (χ4n) is 10.1. The Morgan fingerprint density at radius 3 is 1.12 bits per heavy atom. The van der Waals surface area contributed by atoms with E-state index in [0.717, 1.165) is 5.39 Å². The highest BCUT2D eigenvalue weighted by atomic mass is 16.3. The molecule has 0 aliphatic carbocycles. The highest BCUT2D eigenvalue weighted by Crippen LogP contribution is 2.48. The lowest BCUT2D eigenvalue weighted by atomic mass is 9.83. The number of furan rings is 2. The van der Waals surface area contributed by atoms with Crippen LogP contribution in [0.15, 0.2) is 287 Å². The summed E-state index contributed by atoms with van der Waals surface area (Å²) in [5.41, 5.74) is -0.517. The lowest BCUT2D eigenvalue weighted by Gasteiger charge is -2.19. The van der Waals surface area contributed by atoms with Gasteiger partial charge in [0.25, 0.3) is 0 Å². The summed E-state index contributed by atoms with van der Waals surface area (Å²) in [6.45, 7) is 0. The zero-order valence-electron chi connectivity index (χ0n) is 70.9. The van der Waals surface area contributed by atoms with Gasteiger partial charge in [0.1, 0.15) is 22.3 Å². The highest BCUT2D eigenvalue weighted by Gasteiger charge is 2.21. The van der Waals surface area contributed by atoms with Gasteiger partial charge in [0.2, 0.25) is 0 Å². The molecule has 2 aromatic heterocycles. The summed E-state index contributed by atoms with van der Waals surface area (Å²) >= 11 is 0. The summed E-state index contributed by atoms with van der Waals surface area (Å²) < 4.78 is 295. The van der Waals surface area contributed by atoms with Gasteiger partial charge in [-0.05, 0) is 152 Å². The summed E-state index contributed by atoms with van der Waals surface area (Å²) in [7, 11) is 0. The molecule has 0 unspecified atom stereocenters. The molecule has 2 heteroatoms. The molecule has 0 bridgehead atoms. The molecule has 16 aromatic rings. The number of hydrogen-bond acceptors (Lipinski definition) is 2. The number of fused-ring (bicyclic) bond motifs is 11. The Labute approximate surface area is 483 Å². The van der Waals surface area contributed by atoms with Gasteiger partial charge in [-0.25, -0.2) is 0 Å². The van der Waals surface area contributed by atoms with Crippen LogP contribution in [0.2, 0.25) is 0 Å². The summed E-state index contributed by atoms with van der Waals surface area (Å²) in [5, 5.41) is -0.409. The normalized spacial score (nSPS) is 17.6. The van der Waals surface area contributed by atoms with E-state index < -0.39 is 232 Å². The first-order chi connectivity index (χ1) is 51.0. The number of rotatable bonds is 5. The van der Waals surface area contributed by atoms with Gasteiger partial charge < -0.3 is 8.83 Å². The van der Waals surface area contributed by atoms with Crippen molar-refractivity contribution in [2.75, 3.05) is 0 Å². The van der Waals surface area contributed by atoms with Crippen molar-refractivity contribution < 1.29 is 52.7 Å². The van der Waals surface area contributed by atoms with E-state index in [9.17, 15) is 13.7 Å². The first kappa shape index (κ1) is 22.2. The molecule has 0 saturated carbocycles. The van der Waals surface area contributed by atoms with Crippen molar-refractivity contribution in [2.24, 2.45) is 0 Å². The molecule has 76 heavy (non-hydrogen) atoms. The molecule has 0 amide bonds. The molecule has 0 spiro atoms. The maximum absolute atomic E-state index is 9.33. The molecule has 354 valence electrons. The molecule has 0 radical (unpaired) electrons. The van der Waals surface area contributed by atoms with Crippen LogP contribution < -0.4 is 0 Å². The van der Waals surface area contributed by atoms with Crippen molar-refractivity contribution in [3.8, 4) is 55.6 Å². The first-order valence-corrected chi connectivity index (χ1v) is 23.4. The van der Waals surface area contributed by atoms with E-state index in [1.807, 2.05) is 18.2 Å². The van der Waals surface area contributed by atoms with E-state index in [1.54, 1.807) is 66.7 Å². The zero-order valence-corrected chi connectivity index (χ0v) is 38.9. The Kier molecular flexibility index (Phi) is 5.23. The number of benzene rings is 14. The van der Waals surface area contributed by atoms with Crippen molar-refractivity contribution in [1.29, 1.82) is 0 Å². The maximum Gasteiger partial charge on any atom is 0.135 e. The van der Waals surface area contributed by atoms with Crippen LogP contribution in [0.25, 0.3) is 153 Å². The highest BCUT2D eigenvalue weighted by molar-refractivity contribution is 6.24. The Bertz CT molecular complexity index is 6710. The molecule has 0 fully saturated rings. The van der Waals surface area contributed by atoms with E-state index in [4.69, 9.17) is 39.0 Å². The van der Waals surface area contributed by atoms with Crippen LogP contribution in [0.1, 0.15) is 43.9 Å². The van der Waals surface area contributed by atoms with Crippen LogP contribution in [0, 0.1) is 0 Å². The largest absolute Gasteiger partial charge is 0.456 e. The van der Waals surface area contributed by atoms with Gasteiger partial charge in [0.05, 0.1) is 43.9 Å². The molecule has 0 aliphatic rings. The lowest BCUT2D eigenvalue weighted by molar-refractivity contribution is 0.668.